The van der Waals surface area contributed by atoms with Gasteiger partial charge >= 0.3 is 5.97 Å². The van der Waals surface area contributed by atoms with Crippen molar-refractivity contribution in [2.75, 3.05) is 20.2 Å². The van der Waals surface area contributed by atoms with E-state index in [2.05, 4.69) is 24.4 Å². The molecule has 2 aliphatic rings. The zero-order valence-electron chi connectivity index (χ0n) is 11.6. The van der Waals surface area contributed by atoms with Crippen LogP contribution in [0.25, 0.3) is 0 Å². The number of rotatable bonds is 4. The molecule has 0 radical (unpaired) electrons. The Morgan fingerprint density at radius 2 is 2.32 bits per heavy atom. The predicted molar refractivity (Wildman–Crippen MR) is 71.5 cm³/mol. The van der Waals surface area contributed by atoms with Gasteiger partial charge in [0.15, 0.2) is 0 Å². The number of hydrogen-bond acceptors (Lipinski definition) is 4. The Kier molecular flexibility index (Phi) is 4.58. The molecule has 2 heterocycles. The van der Waals surface area contributed by atoms with Gasteiger partial charge in [0.05, 0.1) is 19.2 Å². The number of amides is 1. The number of nitrogens with one attached hydrogen (secondary N) is 1. The highest BCUT2D eigenvalue weighted by Crippen LogP contribution is 2.25. The highest BCUT2D eigenvalue weighted by Gasteiger charge is 2.38. The SMILES string of the molecule is CCC[C@@H]1C=C[C@H]2CCN[C@@H]2C(=O)N1CC(=O)OC. The van der Waals surface area contributed by atoms with Gasteiger partial charge in [0.2, 0.25) is 5.91 Å². The molecular formula is C14H22N2O3. The van der Waals surface area contributed by atoms with Crippen molar-refractivity contribution in [3.63, 3.8) is 0 Å². The second-order valence-corrected chi connectivity index (χ2v) is 5.17. The van der Waals surface area contributed by atoms with Crippen LogP contribution in [0.4, 0.5) is 0 Å². The number of fused-ring (bicyclic) bond motifs is 1. The lowest BCUT2D eigenvalue weighted by molar-refractivity contribution is -0.148. The monoisotopic (exact) mass is 266 g/mol. The Labute approximate surface area is 114 Å². The Balaban J connectivity index is 2.20. The predicted octanol–water partition coefficient (Wildman–Crippen LogP) is 0.705. The largest absolute Gasteiger partial charge is 0.468 e. The van der Waals surface area contributed by atoms with Crippen LogP contribution < -0.4 is 5.32 Å². The fourth-order valence-corrected chi connectivity index (χ4v) is 2.86. The highest BCUT2D eigenvalue weighted by atomic mass is 16.5. The van der Waals surface area contributed by atoms with Crippen molar-refractivity contribution in [3.05, 3.63) is 12.2 Å². The van der Waals surface area contributed by atoms with Gasteiger partial charge in [0, 0.05) is 5.92 Å². The van der Waals surface area contributed by atoms with Gasteiger partial charge in [-0.1, -0.05) is 25.5 Å². The van der Waals surface area contributed by atoms with Crippen LogP contribution in [0, 0.1) is 5.92 Å². The van der Waals surface area contributed by atoms with E-state index < -0.39 is 0 Å². The van der Waals surface area contributed by atoms with Crippen molar-refractivity contribution in [1.29, 1.82) is 0 Å². The number of esters is 1. The summed E-state index contributed by atoms with van der Waals surface area (Å²) in [6, 6.07) is -0.174. The Morgan fingerprint density at radius 3 is 3.00 bits per heavy atom. The van der Waals surface area contributed by atoms with Crippen LogP contribution in [0.2, 0.25) is 0 Å². The molecule has 19 heavy (non-hydrogen) atoms. The van der Waals surface area contributed by atoms with Crippen molar-refractivity contribution >= 4 is 11.9 Å². The maximum Gasteiger partial charge on any atom is 0.325 e. The van der Waals surface area contributed by atoms with E-state index in [4.69, 9.17) is 4.74 Å². The third-order valence-corrected chi connectivity index (χ3v) is 3.91. The van der Waals surface area contributed by atoms with Crippen LogP contribution in [-0.4, -0.2) is 49.1 Å². The molecule has 5 heteroatoms. The summed E-state index contributed by atoms with van der Waals surface area (Å²) >= 11 is 0. The van der Waals surface area contributed by atoms with E-state index in [0.717, 1.165) is 25.8 Å². The molecule has 2 rings (SSSR count). The number of hydrogen-bond donors (Lipinski definition) is 1. The fourth-order valence-electron chi connectivity index (χ4n) is 2.86. The summed E-state index contributed by atoms with van der Waals surface area (Å²) in [6.07, 6.45) is 7.06. The molecule has 5 nitrogen and oxygen atoms in total. The van der Waals surface area contributed by atoms with Crippen LogP contribution in [0.1, 0.15) is 26.2 Å². The van der Waals surface area contributed by atoms with Gasteiger partial charge in [0.25, 0.3) is 0 Å². The molecule has 2 aliphatic heterocycles. The number of carbonyl (C=O) groups is 2. The number of methoxy groups -OCH3 is 1. The average molecular weight is 266 g/mol. The standard InChI is InChI=1S/C14H22N2O3/c1-3-4-11-6-5-10-7-8-15-13(10)14(18)16(11)9-12(17)19-2/h5-6,10-11,13,15H,3-4,7-9H2,1-2H3/t10-,11+,13-/m0/s1. The normalized spacial score (nSPS) is 30.1. The highest BCUT2D eigenvalue weighted by molar-refractivity contribution is 5.87. The van der Waals surface area contributed by atoms with Gasteiger partial charge in [-0.15, -0.1) is 0 Å². The molecule has 1 fully saturated rings. The maximum atomic E-state index is 12.6. The van der Waals surface area contributed by atoms with Crippen LogP contribution in [0.3, 0.4) is 0 Å². The first kappa shape index (κ1) is 14.1. The second kappa shape index (κ2) is 6.19. The molecule has 1 amide bonds. The molecule has 0 spiro atoms. The Hall–Kier alpha value is -1.36. The summed E-state index contributed by atoms with van der Waals surface area (Å²) in [5, 5.41) is 3.24. The van der Waals surface area contributed by atoms with Crippen LogP contribution in [-0.2, 0) is 14.3 Å². The molecule has 0 aromatic heterocycles. The summed E-state index contributed by atoms with van der Waals surface area (Å²) in [7, 11) is 1.35. The maximum absolute atomic E-state index is 12.6. The van der Waals surface area contributed by atoms with Gasteiger partial charge < -0.3 is 15.0 Å². The molecule has 0 bridgehead atoms. The van der Waals surface area contributed by atoms with Gasteiger partial charge in [-0.3, -0.25) is 9.59 Å². The second-order valence-electron chi connectivity index (χ2n) is 5.17. The van der Waals surface area contributed by atoms with Crippen LogP contribution in [0.5, 0.6) is 0 Å². The average Bonchev–Trinajstić information content (AvgIpc) is 2.84. The lowest BCUT2D eigenvalue weighted by Gasteiger charge is -2.29. The molecule has 1 N–H and O–H groups in total. The summed E-state index contributed by atoms with van der Waals surface area (Å²) < 4.78 is 4.70. The van der Waals surface area contributed by atoms with E-state index in [1.165, 1.54) is 7.11 Å². The summed E-state index contributed by atoms with van der Waals surface area (Å²) in [5.74, 6) is -0.0786. The zero-order valence-corrected chi connectivity index (χ0v) is 11.6. The van der Waals surface area contributed by atoms with Crippen molar-refractivity contribution in [2.45, 2.75) is 38.3 Å². The van der Waals surface area contributed by atoms with E-state index in [-0.39, 0.29) is 36.4 Å². The van der Waals surface area contributed by atoms with E-state index in [1.807, 2.05) is 0 Å². The summed E-state index contributed by atoms with van der Waals surface area (Å²) in [6.45, 7) is 2.98. The molecule has 0 aliphatic carbocycles. The molecule has 0 aromatic rings. The van der Waals surface area contributed by atoms with E-state index in [9.17, 15) is 9.59 Å². The molecule has 1 saturated heterocycles. The fraction of sp³-hybridized carbons (Fsp3) is 0.714. The molecular weight excluding hydrogens is 244 g/mol. The Morgan fingerprint density at radius 1 is 1.53 bits per heavy atom. The molecule has 0 saturated carbocycles. The van der Waals surface area contributed by atoms with E-state index >= 15 is 0 Å². The molecule has 106 valence electrons. The Bertz CT molecular complexity index is 381. The van der Waals surface area contributed by atoms with Gasteiger partial charge in [-0.05, 0) is 19.4 Å². The van der Waals surface area contributed by atoms with Crippen molar-refractivity contribution in [1.82, 2.24) is 10.2 Å². The molecule has 0 unspecified atom stereocenters. The number of carbonyl (C=O) groups excluding carboxylic acids is 2. The summed E-state index contributed by atoms with van der Waals surface area (Å²) in [5.41, 5.74) is 0. The minimum atomic E-state index is -0.362. The van der Waals surface area contributed by atoms with Gasteiger partial charge in [-0.25, -0.2) is 0 Å². The topological polar surface area (TPSA) is 58.6 Å². The first-order valence-corrected chi connectivity index (χ1v) is 6.96. The third-order valence-electron chi connectivity index (χ3n) is 3.91. The zero-order chi connectivity index (χ0) is 13.8. The van der Waals surface area contributed by atoms with E-state index in [1.54, 1.807) is 4.90 Å². The lowest BCUT2D eigenvalue weighted by Crippen LogP contribution is -2.50. The minimum absolute atomic E-state index is 0.00370. The van der Waals surface area contributed by atoms with Gasteiger partial charge in [0.1, 0.15) is 6.54 Å². The third kappa shape index (κ3) is 2.97. The number of ether oxygens (including phenoxy) is 1. The quantitative estimate of drug-likeness (QED) is 0.601. The van der Waals surface area contributed by atoms with Crippen molar-refractivity contribution in [3.8, 4) is 0 Å². The summed E-state index contributed by atoms with van der Waals surface area (Å²) in [4.78, 5) is 25.8. The van der Waals surface area contributed by atoms with E-state index in [0.29, 0.717) is 0 Å². The lowest BCUT2D eigenvalue weighted by atomic mass is 10.0. The van der Waals surface area contributed by atoms with Crippen molar-refractivity contribution in [2.24, 2.45) is 5.92 Å². The van der Waals surface area contributed by atoms with Gasteiger partial charge in [-0.2, -0.15) is 0 Å². The minimum Gasteiger partial charge on any atom is -0.468 e. The van der Waals surface area contributed by atoms with Crippen LogP contribution >= 0.6 is 0 Å². The first-order valence-electron chi connectivity index (χ1n) is 6.96. The molecule has 0 aromatic carbocycles. The number of nitrogens with zero attached hydrogens (tertiary/aromatic N) is 1. The molecule has 3 atom stereocenters. The first-order chi connectivity index (χ1) is 9.17. The van der Waals surface area contributed by atoms with Crippen LogP contribution in [0.15, 0.2) is 12.2 Å². The van der Waals surface area contributed by atoms with Crippen molar-refractivity contribution < 1.29 is 14.3 Å². The smallest absolute Gasteiger partial charge is 0.325 e.